The minimum atomic E-state index is -0.109. The Morgan fingerprint density at radius 1 is 1.50 bits per heavy atom. The lowest BCUT2D eigenvalue weighted by atomic mass is 10.1. The van der Waals surface area contributed by atoms with Gasteiger partial charge in [-0.2, -0.15) is 23.1 Å². The molecule has 1 aromatic rings. The summed E-state index contributed by atoms with van der Waals surface area (Å²) in [5.74, 6) is 1.16. The molecule has 1 aromatic heterocycles. The molecule has 0 saturated carbocycles. The van der Waals surface area contributed by atoms with Gasteiger partial charge in [-0.15, -0.1) is 0 Å². The van der Waals surface area contributed by atoms with Gasteiger partial charge in [-0.05, 0) is 60.1 Å². The predicted octanol–water partition coefficient (Wildman–Crippen LogP) is 3.18. The standard InChI is InChI=1S/C11H18OS2/c1-13-7-2-3-11(12)5-4-10-6-8-14-9-10/h6,8-9,11-12H,2-5,7H2,1H3. The van der Waals surface area contributed by atoms with Gasteiger partial charge < -0.3 is 5.11 Å². The van der Waals surface area contributed by atoms with Crippen LogP contribution in [0.5, 0.6) is 0 Å². The Morgan fingerprint density at radius 2 is 2.36 bits per heavy atom. The second-order valence-corrected chi connectivity index (χ2v) is 5.22. The first-order valence-electron chi connectivity index (χ1n) is 5.01. The highest BCUT2D eigenvalue weighted by Crippen LogP contribution is 2.12. The Kier molecular flexibility index (Phi) is 6.32. The summed E-state index contributed by atoms with van der Waals surface area (Å²) >= 11 is 3.58. The van der Waals surface area contributed by atoms with Crippen molar-refractivity contribution in [1.29, 1.82) is 0 Å². The van der Waals surface area contributed by atoms with Crippen molar-refractivity contribution in [3.63, 3.8) is 0 Å². The molecule has 1 unspecified atom stereocenters. The van der Waals surface area contributed by atoms with Gasteiger partial charge in [0.05, 0.1) is 6.10 Å². The van der Waals surface area contributed by atoms with E-state index >= 15 is 0 Å². The van der Waals surface area contributed by atoms with Gasteiger partial charge in [-0.1, -0.05) is 0 Å². The summed E-state index contributed by atoms with van der Waals surface area (Å²) in [4.78, 5) is 0. The summed E-state index contributed by atoms with van der Waals surface area (Å²) in [5, 5.41) is 13.9. The molecule has 0 aliphatic carbocycles. The first-order chi connectivity index (χ1) is 6.83. The number of hydrogen-bond acceptors (Lipinski definition) is 3. The number of hydrogen-bond donors (Lipinski definition) is 1. The molecule has 0 aromatic carbocycles. The minimum Gasteiger partial charge on any atom is -0.393 e. The van der Waals surface area contributed by atoms with Crippen LogP contribution in [0.3, 0.4) is 0 Å². The highest BCUT2D eigenvalue weighted by Gasteiger charge is 2.04. The van der Waals surface area contributed by atoms with E-state index in [0.29, 0.717) is 0 Å². The lowest BCUT2D eigenvalue weighted by Crippen LogP contribution is -2.07. The molecule has 1 nitrogen and oxygen atoms in total. The Morgan fingerprint density at radius 3 is 3.00 bits per heavy atom. The molecule has 0 bridgehead atoms. The number of aliphatic hydroxyl groups is 1. The van der Waals surface area contributed by atoms with Crippen LogP contribution < -0.4 is 0 Å². The molecular weight excluding hydrogens is 212 g/mol. The van der Waals surface area contributed by atoms with Crippen molar-refractivity contribution in [2.24, 2.45) is 0 Å². The highest BCUT2D eigenvalue weighted by atomic mass is 32.2. The Labute approximate surface area is 94.5 Å². The zero-order valence-corrected chi connectivity index (χ0v) is 10.2. The number of rotatable bonds is 7. The number of aryl methyl sites for hydroxylation is 1. The van der Waals surface area contributed by atoms with E-state index in [1.54, 1.807) is 11.3 Å². The molecule has 0 aliphatic rings. The third kappa shape index (κ3) is 5.03. The van der Waals surface area contributed by atoms with Crippen LogP contribution in [0.15, 0.2) is 16.8 Å². The zero-order valence-electron chi connectivity index (χ0n) is 8.61. The van der Waals surface area contributed by atoms with Gasteiger partial charge in [0.2, 0.25) is 0 Å². The molecule has 3 heteroatoms. The summed E-state index contributed by atoms with van der Waals surface area (Å²) < 4.78 is 0. The number of thioether (sulfide) groups is 1. The first kappa shape index (κ1) is 12.1. The molecule has 0 radical (unpaired) electrons. The van der Waals surface area contributed by atoms with Gasteiger partial charge in [0, 0.05) is 0 Å². The molecule has 1 atom stereocenters. The molecule has 0 aliphatic heterocycles. The largest absolute Gasteiger partial charge is 0.393 e. The number of thiophene rings is 1. The van der Waals surface area contributed by atoms with Crippen molar-refractivity contribution >= 4 is 23.1 Å². The minimum absolute atomic E-state index is 0.109. The molecule has 0 fully saturated rings. The van der Waals surface area contributed by atoms with E-state index in [-0.39, 0.29) is 6.10 Å². The van der Waals surface area contributed by atoms with E-state index in [4.69, 9.17) is 0 Å². The molecule has 14 heavy (non-hydrogen) atoms. The third-order valence-corrected chi connectivity index (χ3v) is 3.66. The monoisotopic (exact) mass is 230 g/mol. The lowest BCUT2D eigenvalue weighted by Gasteiger charge is -2.08. The van der Waals surface area contributed by atoms with Crippen LogP contribution in [0.2, 0.25) is 0 Å². The van der Waals surface area contributed by atoms with Crippen LogP contribution in [0.1, 0.15) is 24.8 Å². The van der Waals surface area contributed by atoms with E-state index < -0.39 is 0 Å². The van der Waals surface area contributed by atoms with Crippen LogP contribution in [0.25, 0.3) is 0 Å². The normalized spacial score (nSPS) is 13.0. The fourth-order valence-corrected chi connectivity index (χ4v) is 2.53. The van der Waals surface area contributed by atoms with Gasteiger partial charge in [-0.3, -0.25) is 0 Å². The van der Waals surface area contributed by atoms with Crippen molar-refractivity contribution in [1.82, 2.24) is 0 Å². The molecular formula is C11H18OS2. The van der Waals surface area contributed by atoms with Crippen molar-refractivity contribution in [3.8, 4) is 0 Å². The average molecular weight is 230 g/mol. The molecule has 80 valence electrons. The average Bonchev–Trinajstić information content (AvgIpc) is 2.68. The van der Waals surface area contributed by atoms with Crippen molar-refractivity contribution in [2.75, 3.05) is 12.0 Å². The predicted molar refractivity (Wildman–Crippen MR) is 66.3 cm³/mol. The second kappa shape index (κ2) is 7.32. The van der Waals surface area contributed by atoms with Gasteiger partial charge in [-0.25, -0.2) is 0 Å². The topological polar surface area (TPSA) is 20.2 Å². The van der Waals surface area contributed by atoms with E-state index in [1.807, 2.05) is 11.8 Å². The molecule has 0 amide bonds. The molecule has 1 N–H and O–H groups in total. The van der Waals surface area contributed by atoms with Crippen LogP contribution in [0.4, 0.5) is 0 Å². The van der Waals surface area contributed by atoms with Crippen molar-refractivity contribution in [2.45, 2.75) is 31.8 Å². The number of aliphatic hydroxyl groups excluding tert-OH is 1. The third-order valence-electron chi connectivity index (χ3n) is 2.23. The second-order valence-electron chi connectivity index (χ2n) is 3.46. The quantitative estimate of drug-likeness (QED) is 0.726. The molecule has 0 saturated heterocycles. The SMILES string of the molecule is CSCCCC(O)CCc1ccsc1. The van der Waals surface area contributed by atoms with Gasteiger partial charge in [0.25, 0.3) is 0 Å². The Bertz CT molecular complexity index is 221. The smallest absolute Gasteiger partial charge is 0.0543 e. The maximum Gasteiger partial charge on any atom is 0.0543 e. The van der Waals surface area contributed by atoms with Crippen LogP contribution in [-0.4, -0.2) is 23.2 Å². The summed E-state index contributed by atoms with van der Waals surface area (Å²) in [6.07, 6.45) is 6.01. The van der Waals surface area contributed by atoms with Crippen LogP contribution >= 0.6 is 23.1 Å². The van der Waals surface area contributed by atoms with E-state index in [2.05, 4.69) is 23.1 Å². The fraction of sp³-hybridized carbons (Fsp3) is 0.636. The summed E-state index contributed by atoms with van der Waals surface area (Å²) in [5.41, 5.74) is 1.36. The van der Waals surface area contributed by atoms with Crippen LogP contribution in [0, 0.1) is 0 Å². The summed E-state index contributed by atoms with van der Waals surface area (Å²) in [7, 11) is 0. The van der Waals surface area contributed by atoms with Gasteiger partial charge in [0.1, 0.15) is 0 Å². The van der Waals surface area contributed by atoms with E-state index in [0.717, 1.165) is 31.4 Å². The van der Waals surface area contributed by atoms with Crippen LogP contribution in [-0.2, 0) is 6.42 Å². The maximum atomic E-state index is 9.67. The van der Waals surface area contributed by atoms with E-state index in [1.165, 1.54) is 5.56 Å². The van der Waals surface area contributed by atoms with Crippen molar-refractivity contribution in [3.05, 3.63) is 22.4 Å². The lowest BCUT2D eigenvalue weighted by molar-refractivity contribution is 0.154. The highest BCUT2D eigenvalue weighted by molar-refractivity contribution is 7.98. The Balaban J connectivity index is 2.06. The summed E-state index contributed by atoms with van der Waals surface area (Å²) in [6, 6.07) is 2.14. The summed E-state index contributed by atoms with van der Waals surface area (Å²) in [6.45, 7) is 0. The first-order valence-corrected chi connectivity index (χ1v) is 7.34. The maximum absolute atomic E-state index is 9.67. The van der Waals surface area contributed by atoms with Crippen molar-refractivity contribution < 1.29 is 5.11 Å². The Hall–Kier alpha value is 0.01000. The van der Waals surface area contributed by atoms with Gasteiger partial charge >= 0.3 is 0 Å². The zero-order chi connectivity index (χ0) is 10.2. The van der Waals surface area contributed by atoms with E-state index in [9.17, 15) is 5.11 Å². The van der Waals surface area contributed by atoms with Gasteiger partial charge in [0.15, 0.2) is 0 Å². The molecule has 1 heterocycles. The molecule has 1 rings (SSSR count). The molecule has 0 spiro atoms. The fourth-order valence-electron chi connectivity index (χ4n) is 1.38.